The molecule has 0 fully saturated rings. The smallest absolute Gasteiger partial charge is 0.234 e. The van der Waals surface area contributed by atoms with Gasteiger partial charge in [0.2, 0.25) is 5.91 Å². The molecule has 3 N–H and O–H groups in total. The Balaban J connectivity index is 2.61. The molecule has 90 valence electrons. The van der Waals surface area contributed by atoms with Gasteiger partial charge in [0.05, 0.1) is 6.04 Å². The molecule has 1 rings (SSSR count). The SMILES string of the molecule is C#CCOc1ccc(C[C@H](NC)C(N)=O)cc1. The summed E-state index contributed by atoms with van der Waals surface area (Å²) in [5.74, 6) is 2.75. The van der Waals surface area contributed by atoms with Crippen molar-refractivity contribution >= 4 is 5.91 Å². The Bertz CT molecular complexity index is 406. The van der Waals surface area contributed by atoms with Crippen molar-refractivity contribution in [2.24, 2.45) is 5.73 Å². The topological polar surface area (TPSA) is 64.3 Å². The first-order valence-corrected chi connectivity index (χ1v) is 5.29. The third-order valence-corrected chi connectivity index (χ3v) is 2.38. The summed E-state index contributed by atoms with van der Waals surface area (Å²) in [6, 6.07) is 7.06. The molecule has 0 unspecified atom stereocenters. The van der Waals surface area contributed by atoms with Crippen LogP contribution in [0, 0.1) is 12.3 Å². The molecule has 0 bridgehead atoms. The predicted octanol–water partition coefficient (Wildman–Crippen LogP) is 0.314. The van der Waals surface area contributed by atoms with Crippen molar-refractivity contribution in [2.75, 3.05) is 13.7 Å². The summed E-state index contributed by atoms with van der Waals surface area (Å²) in [5.41, 5.74) is 6.25. The second-order valence-electron chi connectivity index (χ2n) is 3.58. The first kappa shape index (κ1) is 13.1. The summed E-state index contributed by atoms with van der Waals surface area (Å²) in [7, 11) is 1.71. The average molecular weight is 232 g/mol. The summed E-state index contributed by atoms with van der Waals surface area (Å²) in [6.07, 6.45) is 5.65. The monoisotopic (exact) mass is 232 g/mol. The van der Waals surface area contributed by atoms with Crippen molar-refractivity contribution in [3.05, 3.63) is 29.8 Å². The van der Waals surface area contributed by atoms with Crippen molar-refractivity contribution in [1.82, 2.24) is 5.32 Å². The van der Waals surface area contributed by atoms with E-state index in [9.17, 15) is 4.79 Å². The van der Waals surface area contributed by atoms with Crippen LogP contribution in [0.3, 0.4) is 0 Å². The van der Waals surface area contributed by atoms with Gasteiger partial charge in [-0.1, -0.05) is 18.1 Å². The second kappa shape index (κ2) is 6.56. The van der Waals surface area contributed by atoms with E-state index in [1.165, 1.54) is 0 Å². The van der Waals surface area contributed by atoms with E-state index in [0.29, 0.717) is 12.2 Å². The highest BCUT2D eigenvalue weighted by atomic mass is 16.5. The zero-order chi connectivity index (χ0) is 12.7. The molecule has 0 aliphatic rings. The van der Waals surface area contributed by atoms with Crippen molar-refractivity contribution in [2.45, 2.75) is 12.5 Å². The lowest BCUT2D eigenvalue weighted by atomic mass is 10.1. The standard InChI is InChI=1S/C13H16N2O2/c1-3-8-17-11-6-4-10(5-7-11)9-12(15-2)13(14)16/h1,4-7,12,15H,8-9H2,2H3,(H2,14,16)/t12-/m0/s1. The number of hydrogen-bond acceptors (Lipinski definition) is 3. The molecule has 0 aliphatic carbocycles. The molecule has 0 saturated heterocycles. The minimum atomic E-state index is -0.361. The summed E-state index contributed by atoms with van der Waals surface area (Å²) in [4.78, 5) is 11.1. The minimum absolute atomic E-state index is 0.250. The molecule has 1 amide bonds. The van der Waals surface area contributed by atoms with E-state index < -0.39 is 0 Å². The number of carbonyl (C=O) groups excluding carboxylic acids is 1. The molecule has 0 saturated carbocycles. The summed E-state index contributed by atoms with van der Waals surface area (Å²) < 4.78 is 5.25. The normalized spacial score (nSPS) is 11.5. The van der Waals surface area contributed by atoms with Gasteiger partial charge in [0.25, 0.3) is 0 Å². The third kappa shape index (κ3) is 4.17. The molecule has 1 aromatic rings. The van der Waals surface area contributed by atoms with Crippen LogP contribution in [0.25, 0.3) is 0 Å². The first-order valence-electron chi connectivity index (χ1n) is 5.29. The van der Waals surface area contributed by atoms with Gasteiger partial charge in [0.1, 0.15) is 12.4 Å². The molecule has 0 heterocycles. The largest absolute Gasteiger partial charge is 0.481 e. The minimum Gasteiger partial charge on any atom is -0.481 e. The van der Waals surface area contributed by atoms with Crippen molar-refractivity contribution in [3.63, 3.8) is 0 Å². The number of likely N-dealkylation sites (N-methyl/N-ethyl adjacent to an activating group) is 1. The van der Waals surface area contributed by atoms with Crippen LogP contribution in [0.5, 0.6) is 5.75 Å². The van der Waals surface area contributed by atoms with Crippen molar-refractivity contribution in [3.8, 4) is 18.1 Å². The number of terminal acetylenes is 1. The molecule has 4 nitrogen and oxygen atoms in total. The van der Waals surface area contributed by atoms with E-state index in [4.69, 9.17) is 16.9 Å². The van der Waals surface area contributed by atoms with E-state index >= 15 is 0 Å². The number of nitrogens with one attached hydrogen (secondary N) is 1. The lowest BCUT2D eigenvalue weighted by Gasteiger charge is -2.12. The fourth-order valence-electron chi connectivity index (χ4n) is 1.43. The quantitative estimate of drug-likeness (QED) is 0.694. The molecular formula is C13H16N2O2. The number of primary amides is 1. The Morgan fingerprint density at radius 2 is 2.18 bits per heavy atom. The van der Waals surface area contributed by atoms with Gasteiger partial charge in [-0.25, -0.2) is 0 Å². The molecule has 1 aromatic carbocycles. The van der Waals surface area contributed by atoms with Gasteiger partial charge in [-0.2, -0.15) is 0 Å². The number of rotatable bonds is 6. The number of amides is 1. The van der Waals surface area contributed by atoms with E-state index in [-0.39, 0.29) is 18.6 Å². The fourth-order valence-corrected chi connectivity index (χ4v) is 1.43. The van der Waals surface area contributed by atoms with E-state index in [1.54, 1.807) is 7.05 Å². The van der Waals surface area contributed by atoms with Gasteiger partial charge in [-0.05, 0) is 31.2 Å². The van der Waals surface area contributed by atoms with Crippen LogP contribution in [-0.4, -0.2) is 25.6 Å². The van der Waals surface area contributed by atoms with Gasteiger partial charge >= 0.3 is 0 Å². The van der Waals surface area contributed by atoms with Gasteiger partial charge < -0.3 is 15.8 Å². The molecule has 1 atom stereocenters. The van der Waals surface area contributed by atoms with Gasteiger partial charge in [0, 0.05) is 0 Å². The van der Waals surface area contributed by atoms with E-state index in [1.807, 2.05) is 24.3 Å². The highest BCUT2D eigenvalue weighted by Crippen LogP contribution is 2.13. The number of benzene rings is 1. The molecule has 0 spiro atoms. The summed E-state index contributed by atoms with van der Waals surface area (Å²) in [5, 5.41) is 2.87. The molecule has 0 aromatic heterocycles. The predicted molar refractivity (Wildman–Crippen MR) is 66.5 cm³/mol. The highest BCUT2D eigenvalue weighted by Gasteiger charge is 2.12. The van der Waals surface area contributed by atoms with Crippen LogP contribution in [0.4, 0.5) is 0 Å². The summed E-state index contributed by atoms with van der Waals surface area (Å²) in [6.45, 7) is 0.250. The Hall–Kier alpha value is -1.99. The Labute approximate surface area is 101 Å². The molecule has 0 radical (unpaired) electrons. The van der Waals surface area contributed by atoms with Gasteiger partial charge in [-0.15, -0.1) is 6.42 Å². The van der Waals surface area contributed by atoms with Crippen molar-refractivity contribution < 1.29 is 9.53 Å². The number of nitrogens with two attached hydrogens (primary N) is 1. The lowest BCUT2D eigenvalue weighted by molar-refractivity contribution is -0.119. The lowest BCUT2D eigenvalue weighted by Crippen LogP contribution is -2.40. The van der Waals surface area contributed by atoms with Crippen LogP contribution in [0.15, 0.2) is 24.3 Å². The second-order valence-corrected chi connectivity index (χ2v) is 3.58. The zero-order valence-electron chi connectivity index (χ0n) is 9.77. The van der Waals surface area contributed by atoms with Crippen LogP contribution >= 0.6 is 0 Å². The maximum Gasteiger partial charge on any atom is 0.234 e. The first-order chi connectivity index (χ1) is 8.17. The Kier molecular flexibility index (Phi) is 5.05. The van der Waals surface area contributed by atoms with Crippen LogP contribution in [0.1, 0.15) is 5.56 Å². The molecule has 0 aliphatic heterocycles. The van der Waals surface area contributed by atoms with E-state index in [0.717, 1.165) is 5.56 Å². The molecule has 4 heteroatoms. The summed E-state index contributed by atoms with van der Waals surface area (Å²) >= 11 is 0. The van der Waals surface area contributed by atoms with Gasteiger partial charge in [-0.3, -0.25) is 4.79 Å². The van der Waals surface area contributed by atoms with Crippen LogP contribution in [-0.2, 0) is 11.2 Å². The van der Waals surface area contributed by atoms with Crippen LogP contribution in [0.2, 0.25) is 0 Å². The Morgan fingerprint density at radius 1 is 1.53 bits per heavy atom. The van der Waals surface area contributed by atoms with Crippen molar-refractivity contribution in [1.29, 1.82) is 0 Å². The number of carbonyl (C=O) groups is 1. The number of hydrogen-bond donors (Lipinski definition) is 2. The maximum atomic E-state index is 11.1. The fraction of sp³-hybridized carbons (Fsp3) is 0.308. The Morgan fingerprint density at radius 3 is 2.65 bits per heavy atom. The number of ether oxygens (including phenoxy) is 1. The average Bonchev–Trinajstić information content (AvgIpc) is 2.34. The molecular weight excluding hydrogens is 216 g/mol. The van der Waals surface area contributed by atoms with Gasteiger partial charge in [0.15, 0.2) is 0 Å². The van der Waals surface area contributed by atoms with E-state index in [2.05, 4.69) is 11.2 Å². The zero-order valence-corrected chi connectivity index (χ0v) is 9.77. The maximum absolute atomic E-state index is 11.1. The third-order valence-electron chi connectivity index (χ3n) is 2.38. The molecule has 17 heavy (non-hydrogen) atoms. The highest BCUT2D eigenvalue weighted by molar-refractivity contribution is 5.80. The van der Waals surface area contributed by atoms with Crippen LogP contribution < -0.4 is 15.8 Å².